The summed E-state index contributed by atoms with van der Waals surface area (Å²) >= 11 is 0. The van der Waals surface area contributed by atoms with Gasteiger partial charge in [-0.25, -0.2) is 0 Å². The maximum absolute atomic E-state index is 5.96. The summed E-state index contributed by atoms with van der Waals surface area (Å²) in [6.07, 6.45) is 1.18. The second kappa shape index (κ2) is 6.78. The fourth-order valence-electron chi connectivity index (χ4n) is 2.24. The zero-order chi connectivity index (χ0) is 13.7. The zero-order valence-corrected chi connectivity index (χ0v) is 11.9. The smallest absolute Gasteiger partial charge is 0.142 e. The Balaban J connectivity index is 1.78. The van der Waals surface area contributed by atoms with Gasteiger partial charge < -0.3 is 15.2 Å². The summed E-state index contributed by atoms with van der Waals surface area (Å²) in [6, 6.07) is 5.93. The Labute approximate surface area is 115 Å². The number of nitrogen functional groups attached to an aromatic ring is 1. The molecule has 0 radical (unpaired) electrons. The largest absolute Gasteiger partial charge is 0.489 e. The fraction of sp³-hybridized carbons (Fsp3) is 0.600. The molecule has 2 N–H and O–H groups in total. The van der Waals surface area contributed by atoms with Crippen molar-refractivity contribution in [3.63, 3.8) is 0 Å². The summed E-state index contributed by atoms with van der Waals surface area (Å²) in [5.74, 6) is 0.792. The van der Waals surface area contributed by atoms with Gasteiger partial charge in [0.05, 0.1) is 25.0 Å². The van der Waals surface area contributed by atoms with Crippen LogP contribution in [-0.2, 0) is 4.74 Å². The Morgan fingerprint density at radius 1 is 1.37 bits per heavy atom. The number of rotatable bonds is 5. The predicted molar refractivity (Wildman–Crippen MR) is 77.6 cm³/mol. The Morgan fingerprint density at radius 3 is 2.79 bits per heavy atom. The first kappa shape index (κ1) is 14.2. The van der Waals surface area contributed by atoms with Crippen molar-refractivity contribution in [2.75, 3.05) is 38.6 Å². The Hall–Kier alpha value is -1.26. The first-order valence-corrected chi connectivity index (χ1v) is 6.98. The number of ether oxygens (including phenoxy) is 2. The number of morpholine rings is 1. The van der Waals surface area contributed by atoms with Gasteiger partial charge in [-0.2, -0.15) is 0 Å². The van der Waals surface area contributed by atoms with Gasteiger partial charge in [0.15, 0.2) is 0 Å². The normalized spacial score (nSPS) is 18.2. The van der Waals surface area contributed by atoms with Gasteiger partial charge in [0, 0.05) is 19.6 Å². The Morgan fingerprint density at radius 2 is 2.11 bits per heavy atom. The van der Waals surface area contributed by atoms with E-state index in [1.165, 1.54) is 0 Å². The third-order valence-corrected chi connectivity index (χ3v) is 3.45. The molecule has 1 atom stereocenters. The lowest BCUT2D eigenvalue weighted by Crippen LogP contribution is -2.38. The molecule has 0 spiro atoms. The van der Waals surface area contributed by atoms with E-state index in [0.29, 0.717) is 0 Å². The van der Waals surface area contributed by atoms with Crippen LogP contribution in [0.15, 0.2) is 18.2 Å². The summed E-state index contributed by atoms with van der Waals surface area (Å²) in [7, 11) is 0. The number of nitrogens with zero attached hydrogens (tertiary/aromatic N) is 1. The van der Waals surface area contributed by atoms with Gasteiger partial charge in [0.25, 0.3) is 0 Å². The number of hydrogen-bond acceptors (Lipinski definition) is 4. The molecule has 1 saturated heterocycles. The summed E-state index contributed by atoms with van der Waals surface area (Å²) in [4.78, 5) is 2.42. The van der Waals surface area contributed by atoms with Crippen molar-refractivity contribution in [1.82, 2.24) is 4.90 Å². The van der Waals surface area contributed by atoms with Crippen LogP contribution < -0.4 is 10.5 Å². The topological polar surface area (TPSA) is 47.7 Å². The monoisotopic (exact) mass is 264 g/mol. The van der Waals surface area contributed by atoms with Crippen LogP contribution in [0.5, 0.6) is 5.75 Å². The van der Waals surface area contributed by atoms with Crippen LogP contribution in [0.1, 0.15) is 18.9 Å². The maximum atomic E-state index is 5.96. The molecule has 1 aliphatic rings. The molecule has 0 aromatic heterocycles. The van der Waals surface area contributed by atoms with E-state index in [-0.39, 0.29) is 6.10 Å². The molecular formula is C15H24N2O2. The fourth-order valence-corrected chi connectivity index (χ4v) is 2.24. The van der Waals surface area contributed by atoms with Gasteiger partial charge in [-0.3, -0.25) is 4.90 Å². The van der Waals surface area contributed by atoms with E-state index in [4.69, 9.17) is 15.2 Å². The molecule has 0 aliphatic carbocycles. The number of benzene rings is 1. The minimum Gasteiger partial charge on any atom is -0.489 e. The second-order valence-corrected chi connectivity index (χ2v) is 5.21. The van der Waals surface area contributed by atoms with E-state index in [1.807, 2.05) is 25.1 Å². The molecule has 1 fully saturated rings. The maximum Gasteiger partial charge on any atom is 0.142 e. The molecule has 0 saturated carbocycles. The van der Waals surface area contributed by atoms with Crippen LogP contribution in [0, 0.1) is 6.92 Å². The van der Waals surface area contributed by atoms with Crippen molar-refractivity contribution in [2.24, 2.45) is 0 Å². The average Bonchev–Trinajstić information content (AvgIpc) is 2.41. The summed E-state index contributed by atoms with van der Waals surface area (Å²) in [5, 5.41) is 0. The van der Waals surface area contributed by atoms with E-state index in [9.17, 15) is 0 Å². The van der Waals surface area contributed by atoms with Gasteiger partial charge in [-0.15, -0.1) is 0 Å². The SMILES string of the molecule is Cc1ccc(OC(C)CCN2CCOCC2)c(N)c1. The Bertz CT molecular complexity index is 403. The van der Waals surface area contributed by atoms with Gasteiger partial charge in [-0.1, -0.05) is 6.07 Å². The molecule has 1 aromatic rings. The molecule has 106 valence electrons. The lowest BCUT2D eigenvalue weighted by molar-refractivity contribution is 0.0327. The highest BCUT2D eigenvalue weighted by atomic mass is 16.5. The molecule has 1 aliphatic heterocycles. The highest BCUT2D eigenvalue weighted by molar-refractivity contribution is 5.54. The molecule has 2 rings (SSSR count). The minimum atomic E-state index is 0.174. The van der Waals surface area contributed by atoms with E-state index >= 15 is 0 Å². The molecule has 1 unspecified atom stereocenters. The molecule has 4 heteroatoms. The van der Waals surface area contributed by atoms with Crippen molar-refractivity contribution < 1.29 is 9.47 Å². The number of aryl methyl sites for hydroxylation is 1. The van der Waals surface area contributed by atoms with Crippen LogP contribution in [0.3, 0.4) is 0 Å². The summed E-state index contributed by atoms with van der Waals surface area (Å²) < 4.78 is 11.2. The summed E-state index contributed by atoms with van der Waals surface area (Å²) in [6.45, 7) is 8.93. The number of anilines is 1. The van der Waals surface area contributed by atoms with E-state index in [1.54, 1.807) is 0 Å². The van der Waals surface area contributed by atoms with E-state index in [0.717, 1.165) is 56.3 Å². The van der Waals surface area contributed by atoms with Gasteiger partial charge >= 0.3 is 0 Å². The lowest BCUT2D eigenvalue weighted by atomic mass is 10.2. The van der Waals surface area contributed by atoms with Crippen LogP contribution in [-0.4, -0.2) is 43.9 Å². The highest BCUT2D eigenvalue weighted by Crippen LogP contribution is 2.23. The standard InChI is InChI=1S/C15H24N2O2/c1-12-3-4-15(14(16)11-12)19-13(2)5-6-17-7-9-18-10-8-17/h3-4,11,13H,5-10,16H2,1-2H3. The average molecular weight is 264 g/mol. The first-order valence-electron chi connectivity index (χ1n) is 6.98. The van der Waals surface area contributed by atoms with Crippen LogP contribution in [0.25, 0.3) is 0 Å². The van der Waals surface area contributed by atoms with E-state index < -0.39 is 0 Å². The zero-order valence-electron chi connectivity index (χ0n) is 11.9. The van der Waals surface area contributed by atoms with Gasteiger partial charge in [0.2, 0.25) is 0 Å². The third kappa shape index (κ3) is 4.40. The molecule has 1 heterocycles. The lowest BCUT2D eigenvalue weighted by Gasteiger charge is -2.27. The van der Waals surface area contributed by atoms with Crippen LogP contribution in [0.2, 0.25) is 0 Å². The molecule has 0 bridgehead atoms. The molecule has 1 aromatic carbocycles. The van der Waals surface area contributed by atoms with Crippen LogP contribution in [0.4, 0.5) is 5.69 Å². The highest BCUT2D eigenvalue weighted by Gasteiger charge is 2.13. The third-order valence-electron chi connectivity index (χ3n) is 3.45. The molecule has 19 heavy (non-hydrogen) atoms. The van der Waals surface area contributed by atoms with Crippen molar-refractivity contribution in [2.45, 2.75) is 26.4 Å². The molecular weight excluding hydrogens is 240 g/mol. The van der Waals surface area contributed by atoms with Crippen molar-refractivity contribution in [3.8, 4) is 5.75 Å². The quantitative estimate of drug-likeness (QED) is 0.827. The Kier molecular flexibility index (Phi) is 5.05. The van der Waals surface area contributed by atoms with E-state index in [2.05, 4.69) is 11.8 Å². The van der Waals surface area contributed by atoms with Gasteiger partial charge in [0.1, 0.15) is 5.75 Å². The van der Waals surface area contributed by atoms with Gasteiger partial charge in [-0.05, 0) is 38.0 Å². The molecule has 0 amide bonds. The van der Waals surface area contributed by atoms with Crippen molar-refractivity contribution >= 4 is 5.69 Å². The number of nitrogens with two attached hydrogens (primary N) is 1. The number of hydrogen-bond donors (Lipinski definition) is 1. The second-order valence-electron chi connectivity index (χ2n) is 5.21. The van der Waals surface area contributed by atoms with Crippen molar-refractivity contribution in [3.05, 3.63) is 23.8 Å². The van der Waals surface area contributed by atoms with Crippen LogP contribution >= 0.6 is 0 Å². The summed E-state index contributed by atoms with van der Waals surface area (Å²) in [5.41, 5.74) is 7.84. The predicted octanol–water partition coefficient (Wildman–Crippen LogP) is 2.07. The first-order chi connectivity index (χ1) is 9.15. The molecule has 4 nitrogen and oxygen atoms in total. The minimum absolute atomic E-state index is 0.174. The van der Waals surface area contributed by atoms with Crippen molar-refractivity contribution in [1.29, 1.82) is 0 Å².